The number of rotatable bonds is 4. The van der Waals surface area contributed by atoms with Crippen molar-refractivity contribution in [3.8, 4) is 5.75 Å². The highest BCUT2D eigenvalue weighted by Crippen LogP contribution is 2.30. The summed E-state index contributed by atoms with van der Waals surface area (Å²) in [5.41, 5.74) is 1.60. The Morgan fingerprint density at radius 2 is 1.93 bits per heavy atom. The number of allylic oxidation sites excluding steroid dienone is 6. The van der Waals surface area contributed by atoms with Crippen LogP contribution in [0.4, 0.5) is 13.2 Å². The zero-order valence-corrected chi connectivity index (χ0v) is 16.8. The Balaban J connectivity index is 0.000000360. The number of hydrogen-bond acceptors (Lipinski definition) is 2. The van der Waals surface area contributed by atoms with Gasteiger partial charge in [0.25, 0.3) is 0 Å². The van der Waals surface area contributed by atoms with Crippen LogP contribution in [0.3, 0.4) is 0 Å². The molecule has 3 rings (SSSR count). The van der Waals surface area contributed by atoms with E-state index >= 15 is 0 Å². The van der Waals surface area contributed by atoms with Gasteiger partial charge in [0.1, 0.15) is 5.75 Å². The minimum absolute atomic E-state index is 0.322. The molecule has 1 aromatic heterocycles. The first-order valence-corrected chi connectivity index (χ1v) is 9.78. The van der Waals surface area contributed by atoms with Crippen LogP contribution in [0.5, 0.6) is 5.75 Å². The van der Waals surface area contributed by atoms with Crippen LogP contribution in [0.25, 0.3) is 5.57 Å². The molecular weight excluding hydrogens is 377 g/mol. The van der Waals surface area contributed by atoms with Crippen molar-refractivity contribution in [2.24, 2.45) is 0 Å². The molecule has 2 aromatic rings. The van der Waals surface area contributed by atoms with Gasteiger partial charge in [-0.2, -0.15) is 18.3 Å². The Hall–Kier alpha value is -2.76. The fourth-order valence-corrected chi connectivity index (χ4v) is 3.02. The maximum absolute atomic E-state index is 13.1. The molecule has 0 bridgehead atoms. The van der Waals surface area contributed by atoms with Crippen LogP contribution in [-0.4, -0.2) is 21.1 Å². The average Bonchev–Trinajstić information content (AvgIpc) is 3.11. The maximum atomic E-state index is 13.1. The third kappa shape index (κ3) is 6.97. The molecule has 0 saturated heterocycles. The van der Waals surface area contributed by atoms with Gasteiger partial charge in [0.2, 0.25) is 0 Å². The van der Waals surface area contributed by atoms with Crippen molar-refractivity contribution in [3.05, 3.63) is 77.7 Å². The van der Waals surface area contributed by atoms with Crippen molar-refractivity contribution < 1.29 is 18.3 Å². The van der Waals surface area contributed by atoms with Crippen LogP contribution in [0, 0.1) is 0 Å². The Bertz CT molecular complexity index is 838. The summed E-state index contributed by atoms with van der Waals surface area (Å²) in [7, 11) is 0. The van der Waals surface area contributed by atoms with E-state index in [1.807, 2.05) is 16.8 Å². The fraction of sp³-hybridized carbons (Fsp3) is 0.348. The number of benzene rings is 1. The van der Waals surface area contributed by atoms with Gasteiger partial charge in [0.15, 0.2) is 0 Å². The Kier molecular flexibility index (Phi) is 8.31. The topological polar surface area (TPSA) is 38.0 Å². The third-order valence-corrected chi connectivity index (χ3v) is 4.38. The minimum Gasteiger partial charge on any atom is -0.508 e. The summed E-state index contributed by atoms with van der Waals surface area (Å²) in [6.45, 7) is 4.33. The van der Waals surface area contributed by atoms with Crippen molar-refractivity contribution in [2.45, 2.75) is 52.3 Å². The first kappa shape index (κ1) is 22.5. The monoisotopic (exact) mass is 404 g/mol. The van der Waals surface area contributed by atoms with Gasteiger partial charge in [-0.25, -0.2) is 0 Å². The van der Waals surface area contributed by atoms with Crippen molar-refractivity contribution in [1.82, 2.24) is 9.78 Å². The van der Waals surface area contributed by atoms with E-state index in [-0.39, 0.29) is 0 Å². The summed E-state index contributed by atoms with van der Waals surface area (Å²) in [4.78, 5) is 0. The second-order valence-corrected chi connectivity index (χ2v) is 6.70. The Morgan fingerprint density at radius 1 is 1.21 bits per heavy atom. The van der Waals surface area contributed by atoms with Gasteiger partial charge in [-0.1, -0.05) is 43.4 Å². The molecule has 6 heteroatoms. The first-order valence-electron chi connectivity index (χ1n) is 9.78. The second-order valence-electron chi connectivity index (χ2n) is 6.70. The van der Waals surface area contributed by atoms with E-state index in [0.717, 1.165) is 31.5 Å². The summed E-state index contributed by atoms with van der Waals surface area (Å²) in [5, 5.41) is 13.1. The van der Waals surface area contributed by atoms with Gasteiger partial charge >= 0.3 is 6.18 Å². The quantitative estimate of drug-likeness (QED) is 0.593. The molecular formula is C23H27F3N2O. The molecule has 1 N–H and O–H groups in total. The number of halogens is 3. The number of hydrogen-bond donors (Lipinski definition) is 1. The van der Waals surface area contributed by atoms with E-state index < -0.39 is 11.7 Å². The molecule has 0 radical (unpaired) electrons. The van der Waals surface area contributed by atoms with E-state index in [0.29, 0.717) is 23.4 Å². The third-order valence-electron chi connectivity index (χ3n) is 4.38. The summed E-state index contributed by atoms with van der Waals surface area (Å²) in [6, 6.07) is 10.6. The Labute approximate surface area is 169 Å². The molecule has 0 saturated carbocycles. The Morgan fingerprint density at radius 3 is 2.45 bits per heavy atom. The largest absolute Gasteiger partial charge is 0.508 e. The standard InChI is InChI=1S/C17H21F3N2.C6H6O/c1-3-7-13(11-14(8-4-2)17(18,19)20)16-12-15-9-5-6-10-22(15)21-16;7-6-4-2-1-3-5-6/h3,7-8,11-12H,4-6,9-10H2,1-2H3;1-5,7H/b7-3-,13-11+,14-8-;. The number of aromatic nitrogens is 2. The van der Waals surface area contributed by atoms with Gasteiger partial charge in [0.05, 0.1) is 11.3 Å². The molecule has 29 heavy (non-hydrogen) atoms. The molecule has 0 spiro atoms. The minimum atomic E-state index is -4.35. The van der Waals surface area contributed by atoms with Crippen molar-refractivity contribution in [2.75, 3.05) is 0 Å². The average molecular weight is 404 g/mol. The number of nitrogens with zero attached hydrogens (tertiary/aromatic N) is 2. The number of aromatic hydroxyl groups is 1. The lowest BCUT2D eigenvalue weighted by Gasteiger charge is -2.11. The zero-order chi connectivity index (χ0) is 21.3. The molecule has 1 aliphatic rings. The van der Waals surface area contributed by atoms with E-state index in [2.05, 4.69) is 5.10 Å². The lowest BCUT2D eigenvalue weighted by molar-refractivity contribution is -0.0883. The molecule has 0 amide bonds. The van der Waals surface area contributed by atoms with Gasteiger partial charge in [-0.3, -0.25) is 4.68 Å². The number of fused-ring (bicyclic) bond motifs is 1. The SMILES string of the molecule is C\C=C/C(=C\C(=C\CC)C(F)(F)F)c1cc2n(n1)CCCC2.Oc1ccccc1. The molecule has 0 atom stereocenters. The number of phenols is 1. The fourth-order valence-electron chi connectivity index (χ4n) is 3.02. The van der Waals surface area contributed by atoms with E-state index in [1.165, 1.54) is 12.2 Å². The predicted octanol–water partition coefficient (Wildman–Crippen LogP) is 6.47. The summed E-state index contributed by atoms with van der Waals surface area (Å²) < 4.78 is 41.2. The molecule has 1 aliphatic heterocycles. The van der Waals surface area contributed by atoms with E-state index in [9.17, 15) is 13.2 Å². The molecule has 1 aromatic carbocycles. The van der Waals surface area contributed by atoms with Crippen LogP contribution >= 0.6 is 0 Å². The smallest absolute Gasteiger partial charge is 0.416 e. The first-order chi connectivity index (χ1) is 13.8. The number of alkyl halides is 3. The van der Waals surface area contributed by atoms with Crippen LogP contribution in [0.2, 0.25) is 0 Å². The van der Waals surface area contributed by atoms with Crippen molar-refractivity contribution in [3.63, 3.8) is 0 Å². The summed E-state index contributed by atoms with van der Waals surface area (Å²) in [6.07, 6.45) is 4.94. The van der Waals surface area contributed by atoms with Gasteiger partial charge in [-0.15, -0.1) is 0 Å². The number of phenolic OH excluding ortho intramolecular Hbond substituents is 1. The highest BCUT2D eigenvalue weighted by atomic mass is 19.4. The predicted molar refractivity (Wildman–Crippen MR) is 110 cm³/mol. The van der Waals surface area contributed by atoms with Crippen molar-refractivity contribution >= 4 is 5.57 Å². The molecule has 3 nitrogen and oxygen atoms in total. The molecule has 0 unspecified atom stereocenters. The lowest BCUT2D eigenvalue weighted by atomic mass is 10.0. The molecule has 0 aliphatic carbocycles. The lowest BCUT2D eigenvalue weighted by Crippen LogP contribution is -2.11. The molecule has 2 heterocycles. The zero-order valence-electron chi connectivity index (χ0n) is 16.8. The van der Waals surface area contributed by atoms with E-state index in [1.54, 1.807) is 50.3 Å². The van der Waals surface area contributed by atoms with Crippen molar-refractivity contribution in [1.29, 1.82) is 0 Å². The molecule has 0 fully saturated rings. The van der Waals surface area contributed by atoms with Gasteiger partial charge < -0.3 is 5.11 Å². The van der Waals surface area contributed by atoms with Gasteiger partial charge in [-0.05, 0) is 56.9 Å². The number of aryl methyl sites for hydroxylation is 2. The van der Waals surface area contributed by atoms with Crippen LogP contribution < -0.4 is 0 Å². The normalized spacial score (nSPS) is 15.1. The maximum Gasteiger partial charge on any atom is 0.416 e. The summed E-state index contributed by atoms with van der Waals surface area (Å²) in [5.74, 6) is 0.322. The molecule has 156 valence electrons. The number of para-hydroxylation sites is 1. The van der Waals surface area contributed by atoms with E-state index in [4.69, 9.17) is 5.11 Å². The highest BCUT2D eigenvalue weighted by Gasteiger charge is 2.32. The van der Waals surface area contributed by atoms with Crippen LogP contribution in [-0.2, 0) is 13.0 Å². The van der Waals surface area contributed by atoms with Crippen LogP contribution in [0.1, 0.15) is 44.5 Å². The highest BCUT2D eigenvalue weighted by molar-refractivity contribution is 5.74. The summed E-state index contributed by atoms with van der Waals surface area (Å²) >= 11 is 0. The van der Waals surface area contributed by atoms with Crippen LogP contribution in [0.15, 0.2) is 66.3 Å². The van der Waals surface area contributed by atoms with Gasteiger partial charge in [0, 0.05) is 17.8 Å². The second kappa shape index (κ2) is 10.7.